The van der Waals surface area contributed by atoms with Gasteiger partial charge in [0.05, 0.1) is 59.5 Å². The van der Waals surface area contributed by atoms with E-state index in [1.54, 1.807) is 0 Å². The summed E-state index contributed by atoms with van der Waals surface area (Å²) in [5, 5.41) is 299. The Morgan fingerprint density at radius 1 is 0.182 bits per heavy atom. The first-order chi connectivity index (χ1) is 47.1. The number of rotatable bonds is 13. The second-order valence-corrected chi connectivity index (χ2v) is 25.3. The molecule has 0 unspecified atom stereocenters. The molecule has 0 saturated carbocycles. The summed E-state index contributed by atoms with van der Waals surface area (Å²) in [4.78, 5) is 0. The lowest BCUT2D eigenvalue weighted by molar-refractivity contribution is -0.399. The quantitative estimate of drug-likeness (QED) is 0.0814. The molecular weight excluding hydrogens is 1370 g/mol. The standard InChI is InChI=1S/C54H90O45/c55-1-10-19(63)20(64)29(73)47(83-10)92-38-11(2-56)84-46(30(74)21(38)65)82-9-18-45-28(72)37(81)54(91-18)98-44-17(8-62)89-52(35(79)26(44)70)96-42-15(6-60)87-50(33(77)24(42)68)94-40-13(4-58)85-48(31(75)22(40)66)93-39-12(3-57)86-49(32(76)23(39)67)95-41-14(5-59)88-51(34(78)25(41)69)97-43-16(7-61)90-53(99-45)36(80)27(43)71/h10-81H,1-9H2/t10-,11-,12-,13-,14-,15-,16-,17-,18-,19-,20+,21-,22-,23-,24-,25-,26-,27-,28-,29-,30-,31-,32-,33-,34-,35-,36-,37-,38-,39-,40-,41-,42-,43-,44-,45-,46-,47-,48-,49-,50-,51-,52-,53-,54-/m1/s1. The molecule has 14 bridgehead atoms. The lowest BCUT2D eigenvalue weighted by Crippen LogP contribution is -2.68. The van der Waals surface area contributed by atoms with Crippen molar-refractivity contribution in [2.75, 3.05) is 59.5 Å². The van der Waals surface area contributed by atoms with Crippen LogP contribution in [0.25, 0.3) is 0 Å². The molecule has 0 spiro atoms. The first kappa shape index (κ1) is 79.8. The van der Waals surface area contributed by atoms with Crippen molar-refractivity contribution in [3.05, 3.63) is 0 Å². The van der Waals surface area contributed by atoms with Gasteiger partial charge in [-0.1, -0.05) is 0 Å². The molecule has 0 radical (unpaired) electrons. The molecule has 0 aromatic rings. The zero-order chi connectivity index (χ0) is 72.1. The summed E-state index contributed by atoms with van der Waals surface area (Å²) in [6.07, 6.45) is -94.3. The van der Waals surface area contributed by atoms with Gasteiger partial charge in [0.2, 0.25) is 0 Å². The maximum atomic E-state index is 12.0. The van der Waals surface area contributed by atoms with Crippen LogP contribution >= 0.6 is 0 Å². The van der Waals surface area contributed by atoms with Crippen molar-refractivity contribution in [1.29, 1.82) is 0 Å². The van der Waals surface area contributed by atoms with Crippen molar-refractivity contribution < 1.29 is 223 Å². The Morgan fingerprint density at radius 3 is 0.657 bits per heavy atom. The Morgan fingerprint density at radius 2 is 0.404 bits per heavy atom. The van der Waals surface area contributed by atoms with Crippen LogP contribution in [-0.2, 0) is 85.3 Å². The summed E-state index contributed by atoms with van der Waals surface area (Å²) in [6, 6.07) is 0. The molecule has 0 aromatic heterocycles. The van der Waals surface area contributed by atoms with Crippen molar-refractivity contribution in [3.8, 4) is 0 Å². The number of aliphatic hydroxyl groups excluding tert-OH is 27. The molecule has 576 valence electrons. The molecule has 0 aromatic carbocycles. The lowest BCUT2D eigenvalue weighted by Gasteiger charge is -2.50. The van der Waals surface area contributed by atoms with Gasteiger partial charge < -0.3 is 223 Å². The van der Waals surface area contributed by atoms with Crippen LogP contribution in [0.4, 0.5) is 0 Å². The minimum absolute atomic E-state index is 0.906. The SMILES string of the molecule is OC[C@H]1O[C@H](O[C@H]2[C@H](O)[C@@H](O)[C@H](OC[C@H]3O[C@@H]4O[C@H]5[C@H](O)[C@@H](O)[C@@H](O[C@H]6[C@H](O)[C@@H](O)[C@@H](O[C@H]7[C@H](O)[C@@H](O)[C@@H](O[C@H]8[C@H](O)[C@@H](O)[C@@H](O[C@H]9[C@H](O)[C@@H](O)[C@@H](O[C@H]%10[C@H](O)[C@@H](O)[C@@H](O[C@H]3[C@H](O)[C@H]4O)O[C@@H]%10CO)O[C@@H]9CO)O[C@@H]8CO)O[C@@H]7CO)O[C@@H]6CO)O[C@@H]5CO)O[C@@H]2CO)[C@H](O)[C@@H](O)[C@@H]1O. The third kappa shape index (κ3) is 16.0. The molecule has 45 nitrogen and oxygen atoms in total. The molecule has 23 heterocycles. The van der Waals surface area contributed by atoms with Gasteiger partial charge in [0.15, 0.2) is 56.6 Å². The van der Waals surface area contributed by atoms with Gasteiger partial charge in [0.25, 0.3) is 0 Å². The molecule has 23 aliphatic heterocycles. The maximum absolute atomic E-state index is 12.0. The van der Waals surface area contributed by atoms with Gasteiger partial charge in [0, 0.05) is 0 Å². The minimum Gasteiger partial charge on any atom is -0.394 e. The van der Waals surface area contributed by atoms with Crippen LogP contribution in [0.5, 0.6) is 0 Å². The summed E-state index contributed by atoms with van der Waals surface area (Å²) in [7, 11) is 0. The van der Waals surface area contributed by atoms with Gasteiger partial charge >= 0.3 is 0 Å². The second kappa shape index (κ2) is 34.0. The van der Waals surface area contributed by atoms with E-state index in [1.165, 1.54) is 0 Å². The molecule has 23 saturated heterocycles. The molecular formula is C54H90O45. The normalized spacial score (nSPS) is 55.1. The fourth-order valence-corrected chi connectivity index (χ4v) is 13.3. The summed E-state index contributed by atoms with van der Waals surface area (Å²) < 4.78 is 103. The average molecular weight is 1460 g/mol. The van der Waals surface area contributed by atoms with Gasteiger partial charge in [-0.3, -0.25) is 0 Å². The molecule has 23 aliphatic rings. The first-order valence-corrected chi connectivity index (χ1v) is 31.6. The Balaban J connectivity index is 0.938. The Labute approximate surface area is 558 Å². The molecule has 45 atom stereocenters. The zero-order valence-corrected chi connectivity index (χ0v) is 51.8. The van der Waals surface area contributed by atoms with Crippen molar-refractivity contribution in [1.82, 2.24) is 0 Å². The van der Waals surface area contributed by atoms with Crippen LogP contribution in [0.3, 0.4) is 0 Å². The summed E-state index contributed by atoms with van der Waals surface area (Å²) >= 11 is 0. The third-order valence-corrected chi connectivity index (χ3v) is 19.0. The molecule has 45 heteroatoms. The van der Waals surface area contributed by atoms with E-state index in [2.05, 4.69) is 0 Å². The Bertz CT molecular complexity index is 2450. The van der Waals surface area contributed by atoms with E-state index in [-0.39, 0.29) is 0 Å². The van der Waals surface area contributed by atoms with Crippen molar-refractivity contribution in [3.63, 3.8) is 0 Å². The van der Waals surface area contributed by atoms with Crippen molar-refractivity contribution in [2.24, 2.45) is 0 Å². The van der Waals surface area contributed by atoms with Gasteiger partial charge in [-0.2, -0.15) is 0 Å². The van der Waals surface area contributed by atoms with Crippen molar-refractivity contribution in [2.45, 2.75) is 276 Å². The molecule has 23 fully saturated rings. The van der Waals surface area contributed by atoms with Crippen molar-refractivity contribution >= 4 is 0 Å². The third-order valence-electron chi connectivity index (χ3n) is 19.0. The first-order valence-electron chi connectivity index (χ1n) is 31.6. The smallest absolute Gasteiger partial charge is 0.187 e. The average Bonchev–Trinajstić information content (AvgIpc) is 0.754. The molecule has 23 rings (SSSR count). The van der Waals surface area contributed by atoms with Gasteiger partial charge in [-0.15, -0.1) is 0 Å². The number of hydrogen-bond acceptors (Lipinski definition) is 45. The highest BCUT2D eigenvalue weighted by Gasteiger charge is 2.61. The molecule has 99 heavy (non-hydrogen) atoms. The highest BCUT2D eigenvalue weighted by Crippen LogP contribution is 2.40. The van der Waals surface area contributed by atoms with Crippen LogP contribution in [0.15, 0.2) is 0 Å². The van der Waals surface area contributed by atoms with Crippen LogP contribution in [0, 0.1) is 0 Å². The molecule has 0 amide bonds. The van der Waals surface area contributed by atoms with E-state index >= 15 is 0 Å². The Hall–Kier alpha value is -1.80. The van der Waals surface area contributed by atoms with Crippen LogP contribution in [0.1, 0.15) is 0 Å². The zero-order valence-electron chi connectivity index (χ0n) is 51.8. The van der Waals surface area contributed by atoms with Crippen LogP contribution < -0.4 is 0 Å². The van der Waals surface area contributed by atoms with Crippen LogP contribution in [-0.4, -0.2) is 474 Å². The van der Waals surface area contributed by atoms with E-state index < -0.39 is 336 Å². The lowest BCUT2D eigenvalue weighted by atomic mass is 9.95. The van der Waals surface area contributed by atoms with E-state index in [4.69, 9.17) is 85.3 Å². The summed E-state index contributed by atoms with van der Waals surface area (Å²) in [5.74, 6) is 0. The van der Waals surface area contributed by atoms with Crippen LogP contribution in [0.2, 0.25) is 0 Å². The predicted molar refractivity (Wildman–Crippen MR) is 294 cm³/mol. The van der Waals surface area contributed by atoms with E-state index in [0.29, 0.717) is 0 Å². The monoisotopic (exact) mass is 1460 g/mol. The second-order valence-electron chi connectivity index (χ2n) is 25.3. The fraction of sp³-hybridized carbons (Fsp3) is 1.00. The molecule has 27 N–H and O–H groups in total. The highest BCUT2D eigenvalue weighted by molar-refractivity contribution is 5.03. The maximum Gasteiger partial charge on any atom is 0.187 e. The topological polar surface area (TPSA) is 712 Å². The van der Waals surface area contributed by atoms with Gasteiger partial charge in [-0.05, 0) is 0 Å². The van der Waals surface area contributed by atoms with E-state index in [9.17, 15) is 138 Å². The molecule has 0 aliphatic carbocycles. The number of aliphatic hydroxyl groups is 27. The summed E-state index contributed by atoms with van der Waals surface area (Å²) in [5.41, 5.74) is 0. The van der Waals surface area contributed by atoms with Gasteiger partial charge in [0.1, 0.15) is 220 Å². The highest BCUT2D eigenvalue weighted by atomic mass is 16.8. The Kier molecular flexibility index (Phi) is 27.4. The van der Waals surface area contributed by atoms with E-state index in [0.717, 1.165) is 0 Å². The summed E-state index contributed by atoms with van der Waals surface area (Å²) in [6.45, 7) is -9.86. The fourth-order valence-electron chi connectivity index (χ4n) is 13.3. The largest absolute Gasteiger partial charge is 0.394 e. The number of hydrogen-bond donors (Lipinski definition) is 27. The van der Waals surface area contributed by atoms with Gasteiger partial charge in [-0.25, -0.2) is 0 Å². The minimum atomic E-state index is -2.43. The van der Waals surface area contributed by atoms with E-state index in [1.807, 2.05) is 0 Å². The predicted octanol–water partition coefficient (Wildman–Crippen LogP) is -19.6. The number of ether oxygens (including phenoxy) is 18.